The van der Waals surface area contributed by atoms with Crippen LogP contribution in [-0.2, 0) is 9.53 Å². The first-order valence-electron chi connectivity index (χ1n) is 7.96. The molecule has 1 N–H and O–H groups in total. The van der Waals surface area contributed by atoms with E-state index in [1.165, 1.54) is 51.4 Å². The Hall–Kier alpha value is -1.09. The van der Waals surface area contributed by atoms with Crippen LogP contribution in [0.15, 0.2) is 24.0 Å². The monoisotopic (exact) mass is 280 g/mol. The van der Waals surface area contributed by atoms with Crippen LogP contribution in [0.4, 0.5) is 0 Å². The molecule has 1 heterocycles. The van der Waals surface area contributed by atoms with E-state index in [1.807, 2.05) is 0 Å². The summed E-state index contributed by atoms with van der Waals surface area (Å²) in [5.41, 5.74) is 0.356. The van der Waals surface area contributed by atoms with E-state index in [1.54, 1.807) is 6.08 Å². The second-order valence-electron chi connectivity index (χ2n) is 5.53. The Labute approximate surface area is 122 Å². The van der Waals surface area contributed by atoms with Crippen molar-refractivity contribution in [2.75, 3.05) is 0 Å². The van der Waals surface area contributed by atoms with Gasteiger partial charge in [0, 0.05) is 0 Å². The molecule has 0 aromatic carbocycles. The van der Waals surface area contributed by atoms with Crippen molar-refractivity contribution in [2.45, 2.75) is 77.2 Å². The highest BCUT2D eigenvalue weighted by Gasteiger charge is 2.32. The lowest BCUT2D eigenvalue weighted by Crippen LogP contribution is -2.07. The molecule has 3 heteroatoms. The molecule has 0 saturated carbocycles. The quantitative estimate of drug-likeness (QED) is 0.369. The van der Waals surface area contributed by atoms with E-state index in [0.29, 0.717) is 5.57 Å². The minimum atomic E-state index is -0.930. The van der Waals surface area contributed by atoms with E-state index < -0.39 is 12.1 Å². The van der Waals surface area contributed by atoms with Crippen LogP contribution >= 0.6 is 0 Å². The van der Waals surface area contributed by atoms with Crippen molar-refractivity contribution in [2.24, 2.45) is 0 Å². The first kappa shape index (κ1) is 17.0. The van der Waals surface area contributed by atoms with E-state index in [9.17, 15) is 9.90 Å². The molecule has 1 aliphatic rings. The van der Waals surface area contributed by atoms with Gasteiger partial charge in [-0.1, -0.05) is 70.9 Å². The van der Waals surface area contributed by atoms with Gasteiger partial charge in [0.25, 0.3) is 0 Å². The van der Waals surface area contributed by atoms with Gasteiger partial charge >= 0.3 is 5.97 Å². The molecule has 1 atom stereocenters. The number of hydrogen-bond donors (Lipinski definition) is 1. The number of allylic oxidation sites excluding steroid dienone is 1. The molecule has 0 aliphatic carbocycles. The average molecular weight is 280 g/mol. The smallest absolute Gasteiger partial charge is 0.341 e. The number of esters is 1. The Morgan fingerprint density at radius 1 is 1.10 bits per heavy atom. The summed E-state index contributed by atoms with van der Waals surface area (Å²) in [4.78, 5) is 11.4. The summed E-state index contributed by atoms with van der Waals surface area (Å²) in [5.74, 6) is -0.299. The molecule has 0 aromatic heterocycles. The molecule has 0 aromatic rings. The number of carbonyl (C=O) groups is 1. The third kappa shape index (κ3) is 5.91. The number of rotatable bonds is 10. The van der Waals surface area contributed by atoms with Gasteiger partial charge in [-0.15, -0.1) is 0 Å². The van der Waals surface area contributed by atoms with Crippen LogP contribution in [0, 0.1) is 0 Å². The van der Waals surface area contributed by atoms with Gasteiger partial charge in [-0.25, -0.2) is 4.79 Å². The summed E-state index contributed by atoms with van der Waals surface area (Å²) >= 11 is 0. The Morgan fingerprint density at radius 2 is 1.65 bits per heavy atom. The zero-order chi connectivity index (χ0) is 14.8. The zero-order valence-electron chi connectivity index (χ0n) is 12.7. The highest BCUT2D eigenvalue weighted by Crippen LogP contribution is 2.23. The Bertz CT molecular complexity index is 344. The number of aliphatic hydroxyl groups excluding tert-OH is 1. The normalized spacial score (nSPS) is 20.7. The minimum absolute atomic E-state index is 0.147. The van der Waals surface area contributed by atoms with Crippen LogP contribution < -0.4 is 0 Å². The summed E-state index contributed by atoms with van der Waals surface area (Å²) < 4.78 is 4.78. The van der Waals surface area contributed by atoms with Crippen molar-refractivity contribution in [3.63, 3.8) is 0 Å². The van der Waals surface area contributed by atoms with E-state index in [-0.39, 0.29) is 5.76 Å². The van der Waals surface area contributed by atoms with Crippen LogP contribution in [0.1, 0.15) is 71.1 Å². The van der Waals surface area contributed by atoms with Crippen molar-refractivity contribution in [3.05, 3.63) is 24.0 Å². The molecule has 1 fully saturated rings. The Kier molecular flexibility index (Phi) is 8.28. The average Bonchev–Trinajstić information content (AvgIpc) is 2.67. The van der Waals surface area contributed by atoms with E-state index in [2.05, 4.69) is 13.5 Å². The van der Waals surface area contributed by atoms with Gasteiger partial charge < -0.3 is 9.84 Å². The maximum atomic E-state index is 11.4. The molecule has 0 amide bonds. The molecule has 20 heavy (non-hydrogen) atoms. The predicted octanol–water partition coefficient (Wildman–Crippen LogP) is 4.27. The van der Waals surface area contributed by atoms with Crippen LogP contribution in [0.2, 0.25) is 0 Å². The van der Waals surface area contributed by atoms with Gasteiger partial charge in [0.2, 0.25) is 0 Å². The van der Waals surface area contributed by atoms with Crippen LogP contribution in [0.3, 0.4) is 0 Å². The number of hydrogen-bond acceptors (Lipinski definition) is 3. The molecule has 1 saturated heterocycles. The summed E-state index contributed by atoms with van der Waals surface area (Å²) in [6, 6.07) is 0. The molecule has 0 radical (unpaired) electrons. The van der Waals surface area contributed by atoms with Gasteiger partial charge in [-0.05, 0) is 12.8 Å². The molecule has 0 bridgehead atoms. The van der Waals surface area contributed by atoms with Gasteiger partial charge in [0.05, 0.1) is 5.57 Å². The first-order chi connectivity index (χ1) is 9.66. The molecular formula is C17H28O3. The van der Waals surface area contributed by atoms with Gasteiger partial charge in [-0.3, -0.25) is 0 Å². The van der Waals surface area contributed by atoms with Gasteiger partial charge in [-0.2, -0.15) is 0 Å². The third-order valence-electron chi connectivity index (χ3n) is 3.73. The first-order valence-corrected chi connectivity index (χ1v) is 7.96. The van der Waals surface area contributed by atoms with Crippen molar-refractivity contribution in [1.82, 2.24) is 0 Å². The lowest BCUT2D eigenvalue weighted by Gasteiger charge is -2.01. The van der Waals surface area contributed by atoms with Crippen molar-refractivity contribution < 1.29 is 14.6 Å². The predicted molar refractivity (Wildman–Crippen MR) is 81.2 cm³/mol. The largest absolute Gasteiger partial charge is 0.425 e. The van der Waals surface area contributed by atoms with Crippen molar-refractivity contribution in [3.8, 4) is 0 Å². The van der Waals surface area contributed by atoms with Gasteiger partial charge in [0.1, 0.15) is 11.9 Å². The highest BCUT2D eigenvalue weighted by molar-refractivity contribution is 5.93. The summed E-state index contributed by atoms with van der Waals surface area (Å²) in [6.45, 7) is 5.74. The molecule has 1 aliphatic heterocycles. The second-order valence-corrected chi connectivity index (χ2v) is 5.53. The lowest BCUT2D eigenvalue weighted by molar-refractivity contribution is -0.132. The molecule has 0 unspecified atom stereocenters. The molecule has 0 spiro atoms. The Balaban J connectivity index is 2.02. The summed E-state index contributed by atoms with van der Waals surface area (Å²) in [6.07, 6.45) is 13.2. The van der Waals surface area contributed by atoms with E-state index in [4.69, 9.17) is 4.74 Å². The van der Waals surface area contributed by atoms with E-state index in [0.717, 1.165) is 12.8 Å². The standard InChI is InChI=1S/C17H28O3/c1-3-4-5-6-7-8-9-10-11-12-13-15-16(18)14(2)20-17(15)19/h13,16,18H,2-12H2,1H3/b15-13+/t16-/m1/s1. The molecule has 3 nitrogen and oxygen atoms in total. The SMILES string of the molecule is C=C1OC(=O)/C(=C/CCCCCCCCCCC)[C@@H]1O. The van der Waals surface area contributed by atoms with Crippen LogP contribution in [0.25, 0.3) is 0 Å². The number of aliphatic hydroxyl groups is 1. The topological polar surface area (TPSA) is 46.5 Å². The lowest BCUT2D eigenvalue weighted by atomic mass is 10.0. The number of cyclic esters (lactones) is 1. The highest BCUT2D eigenvalue weighted by atomic mass is 16.6. The fraction of sp³-hybridized carbons (Fsp3) is 0.706. The van der Waals surface area contributed by atoms with E-state index >= 15 is 0 Å². The number of unbranched alkanes of at least 4 members (excludes halogenated alkanes) is 9. The zero-order valence-corrected chi connectivity index (χ0v) is 12.7. The number of carbonyl (C=O) groups excluding carboxylic acids is 1. The fourth-order valence-electron chi connectivity index (χ4n) is 2.43. The molecular weight excluding hydrogens is 252 g/mol. The summed E-state index contributed by atoms with van der Waals surface area (Å²) in [7, 11) is 0. The van der Waals surface area contributed by atoms with Crippen LogP contribution in [-0.4, -0.2) is 17.2 Å². The second kappa shape index (κ2) is 9.76. The molecule has 114 valence electrons. The number of ether oxygens (including phenoxy) is 1. The maximum Gasteiger partial charge on any atom is 0.341 e. The minimum Gasteiger partial charge on any atom is -0.425 e. The van der Waals surface area contributed by atoms with Crippen LogP contribution in [0.5, 0.6) is 0 Å². The summed E-state index contributed by atoms with van der Waals surface area (Å²) in [5, 5.41) is 9.66. The third-order valence-corrected chi connectivity index (χ3v) is 3.73. The van der Waals surface area contributed by atoms with Crippen molar-refractivity contribution in [1.29, 1.82) is 0 Å². The van der Waals surface area contributed by atoms with Crippen molar-refractivity contribution >= 4 is 5.97 Å². The Morgan fingerprint density at radius 3 is 2.15 bits per heavy atom. The van der Waals surface area contributed by atoms with Gasteiger partial charge in [0.15, 0.2) is 0 Å². The molecule has 1 rings (SSSR count). The maximum absolute atomic E-state index is 11.4. The fourth-order valence-corrected chi connectivity index (χ4v) is 2.43.